The summed E-state index contributed by atoms with van der Waals surface area (Å²) in [6.07, 6.45) is 6.72. The molecule has 0 aromatic carbocycles. The maximum absolute atomic E-state index is 13.5. The van der Waals surface area contributed by atoms with Gasteiger partial charge in [-0.05, 0) is 30.7 Å². The maximum Gasteiger partial charge on any atom is 0.271 e. The number of carbonyl (C=O) groups is 2. The lowest BCUT2D eigenvalue weighted by atomic mass is 9.65. The highest BCUT2D eigenvalue weighted by molar-refractivity contribution is 5.92. The highest BCUT2D eigenvalue weighted by atomic mass is 16.3. The van der Waals surface area contributed by atoms with Gasteiger partial charge in [0.1, 0.15) is 17.8 Å². The molecule has 2 aliphatic carbocycles. The van der Waals surface area contributed by atoms with E-state index in [1.165, 1.54) is 37.8 Å². The fourth-order valence-corrected chi connectivity index (χ4v) is 7.52. The van der Waals surface area contributed by atoms with Crippen LogP contribution in [0.25, 0.3) is 0 Å². The number of nitrogens with two attached hydrogens (primary N) is 2. The van der Waals surface area contributed by atoms with Gasteiger partial charge in [0, 0.05) is 25.1 Å². The van der Waals surface area contributed by atoms with E-state index in [1.807, 2.05) is 0 Å². The Hall–Kier alpha value is -3.68. The Morgan fingerprint density at radius 1 is 1.13 bits per heavy atom. The molecule has 9 N–H and O–H groups in total. The van der Waals surface area contributed by atoms with Crippen LogP contribution in [0.4, 0.5) is 0 Å². The normalized spacial score (nSPS) is 36.9. The second-order valence-electron chi connectivity index (χ2n) is 11.4. The molecule has 14 nitrogen and oxygen atoms in total. The average molecular weight is 541 g/mol. The van der Waals surface area contributed by atoms with Gasteiger partial charge in [-0.15, -0.1) is 0 Å². The number of fused-ring (bicyclic) bond motifs is 1. The summed E-state index contributed by atoms with van der Waals surface area (Å²) in [4.78, 5) is 48.2. The van der Waals surface area contributed by atoms with E-state index >= 15 is 0 Å². The van der Waals surface area contributed by atoms with E-state index in [0.29, 0.717) is 11.8 Å². The van der Waals surface area contributed by atoms with Crippen LogP contribution in [0.2, 0.25) is 0 Å². The van der Waals surface area contributed by atoms with E-state index in [0.717, 1.165) is 19.3 Å². The van der Waals surface area contributed by atoms with Gasteiger partial charge in [-0.25, -0.2) is 15.1 Å². The Bertz CT molecular complexity index is 1240. The fourth-order valence-electron chi connectivity index (χ4n) is 7.52. The number of aliphatic imine (C=N–C) groups is 2. The molecule has 1 aromatic rings. The Labute approximate surface area is 225 Å². The number of aliphatic hydroxyl groups excluding tert-OH is 1. The first kappa shape index (κ1) is 25.6. The summed E-state index contributed by atoms with van der Waals surface area (Å²) in [5.74, 6) is 0.729. The zero-order valence-corrected chi connectivity index (χ0v) is 21.7. The molecule has 210 valence electrons. The average Bonchev–Trinajstić information content (AvgIpc) is 3.43. The second kappa shape index (κ2) is 9.81. The predicted molar refractivity (Wildman–Crippen MR) is 141 cm³/mol. The van der Waals surface area contributed by atoms with E-state index in [4.69, 9.17) is 11.5 Å². The fraction of sp³-hybridized carbons (Fsp3) is 0.680. The molecule has 1 aromatic heterocycles. The predicted octanol–water partition coefficient (Wildman–Crippen LogP) is -2.05. The molecule has 0 bridgehead atoms. The zero-order chi connectivity index (χ0) is 27.3. The van der Waals surface area contributed by atoms with Gasteiger partial charge in [-0.1, -0.05) is 32.1 Å². The third-order valence-corrected chi connectivity index (χ3v) is 9.28. The van der Waals surface area contributed by atoms with Crippen LogP contribution < -0.4 is 33.0 Å². The number of nitrogens with zero attached hydrogens (tertiary/aromatic N) is 4. The lowest BCUT2D eigenvalue weighted by Gasteiger charge is -2.46. The summed E-state index contributed by atoms with van der Waals surface area (Å²) in [7, 11) is 0. The van der Waals surface area contributed by atoms with Crippen LogP contribution in [-0.4, -0.2) is 86.9 Å². The van der Waals surface area contributed by atoms with Crippen molar-refractivity contribution in [3.8, 4) is 0 Å². The van der Waals surface area contributed by atoms with Crippen molar-refractivity contribution in [2.24, 2.45) is 39.2 Å². The first-order valence-electron chi connectivity index (χ1n) is 13.8. The van der Waals surface area contributed by atoms with E-state index in [1.54, 1.807) is 4.90 Å². The van der Waals surface area contributed by atoms with Crippen molar-refractivity contribution in [2.45, 2.75) is 74.8 Å². The van der Waals surface area contributed by atoms with E-state index in [9.17, 15) is 19.5 Å². The molecular weight excluding hydrogens is 504 g/mol. The summed E-state index contributed by atoms with van der Waals surface area (Å²) in [6.45, 7) is 0.281. The number of amides is 2. The topological polar surface area (TPSA) is 216 Å². The number of aliphatic hydroxyl groups is 1. The minimum absolute atomic E-state index is 0.0111. The van der Waals surface area contributed by atoms with Crippen molar-refractivity contribution in [3.63, 3.8) is 0 Å². The van der Waals surface area contributed by atoms with Crippen LogP contribution >= 0.6 is 0 Å². The van der Waals surface area contributed by atoms with Crippen molar-refractivity contribution in [1.82, 2.24) is 31.0 Å². The molecule has 1 spiro atoms. The van der Waals surface area contributed by atoms with Crippen LogP contribution in [0.3, 0.4) is 0 Å². The number of hydrogen-bond donors (Lipinski definition) is 7. The first-order chi connectivity index (χ1) is 18.8. The van der Waals surface area contributed by atoms with E-state index < -0.39 is 41.4 Å². The molecule has 6 rings (SSSR count). The van der Waals surface area contributed by atoms with Gasteiger partial charge >= 0.3 is 0 Å². The van der Waals surface area contributed by atoms with Gasteiger partial charge in [0.05, 0.1) is 12.1 Å². The number of rotatable bonds is 5. The van der Waals surface area contributed by atoms with E-state index in [2.05, 4.69) is 36.1 Å². The standard InChI is InChI=1S/C25H36N10O4/c26-23-31-19-16(10-28-22(39)15-8-9-18(36)34-33-15)30-24(27)35-11-17(20(37)25(19,35)32-23)29-21(38)14-7-3-5-12-4-1-2-6-13(12)14/h8-9,12-14,16-17,19-20,37H,1-7,10-11H2,(H2,27,30)(H,28,39)(H,29,38)(H,34,36)(H3,26,31,32)/t12?,13?,14?,16-,17?,19?,20+,25?/m0/s1. The maximum atomic E-state index is 13.5. The Kier molecular flexibility index (Phi) is 6.44. The van der Waals surface area contributed by atoms with E-state index in [-0.39, 0.29) is 42.5 Å². The summed E-state index contributed by atoms with van der Waals surface area (Å²) < 4.78 is 0. The number of guanidine groups is 2. The molecule has 6 unspecified atom stereocenters. The minimum Gasteiger partial charge on any atom is -0.386 e. The molecule has 8 atom stereocenters. The number of H-pyrrole nitrogens is 1. The summed E-state index contributed by atoms with van der Waals surface area (Å²) in [6, 6.07) is 0.599. The quantitative estimate of drug-likeness (QED) is 0.218. The lowest BCUT2D eigenvalue weighted by molar-refractivity contribution is -0.131. The zero-order valence-electron chi connectivity index (χ0n) is 21.7. The monoisotopic (exact) mass is 540 g/mol. The van der Waals surface area contributed by atoms with Crippen molar-refractivity contribution in [1.29, 1.82) is 0 Å². The molecule has 0 radical (unpaired) electrons. The summed E-state index contributed by atoms with van der Waals surface area (Å²) in [5.41, 5.74) is 10.9. The van der Waals surface area contributed by atoms with Gasteiger partial charge in [0.25, 0.3) is 11.5 Å². The second-order valence-corrected chi connectivity index (χ2v) is 11.4. The number of aromatic nitrogens is 2. The molecule has 1 saturated heterocycles. The molecule has 3 fully saturated rings. The van der Waals surface area contributed by atoms with Crippen LogP contribution in [0.1, 0.15) is 55.4 Å². The van der Waals surface area contributed by atoms with Crippen molar-refractivity contribution in [3.05, 3.63) is 28.2 Å². The Balaban J connectivity index is 1.18. The summed E-state index contributed by atoms with van der Waals surface area (Å²) in [5, 5.41) is 26.6. The number of aromatic amines is 1. The SMILES string of the molecule is NC1=NC2[C@H](CNC(=O)c3ccc(=O)[nH]n3)N=C(N)N3CC(NC(=O)C4CCCC5CCCCC54)[C@@H](O)C23N1. The van der Waals surface area contributed by atoms with Crippen molar-refractivity contribution >= 4 is 23.7 Å². The van der Waals surface area contributed by atoms with Gasteiger partial charge < -0.3 is 37.4 Å². The number of nitrogens with one attached hydrogen (secondary N) is 4. The molecule has 39 heavy (non-hydrogen) atoms. The molecule has 5 aliphatic rings. The van der Waals surface area contributed by atoms with Crippen molar-refractivity contribution in [2.75, 3.05) is 13.1 Å². The molecule has 4 heterocycles. The Morgan fingerprint density at radius 2 is 1.92 bits per heavy atom. The van der Waals surface area contributed by atoms with Gasteiger partial charge in [0.15, 0.2) is 17.6 Å². The smallest absolute Gasteiger partial charge is 0.271 e. The summed E-state index contributed by atoms with van der Waals surface area (Å²) >= 11 is 0. The Morgan fingerprint density at radius 3 is 2.72 bits per heavy atom. The highest BCUT2D eigenvalue weighted by Gasteiger charge is 2.65. The molecule has 2 amide bonds. The highest BCUT2D eigenvalue weighted by Crippen LogP contribution is 2.44. The van der Waals surface area contributed by atoms with Crippen molar-refractivity contribution < 1.29 is 14.7 Å². The lowest BCUT2D eigenvalue weighted by Crippen LogP contribution is -2.73. The van der Waals surface area contributed by atoms with Crippen LogP contribution in [0, 0.1) is 17.8 Å². The van der Waals surface area contributed by atoms with Gasteiger partial charge in [0.2, 0.25) is 5.91 Å². The number of carbonyl (C=O) groups excluding carboxylic acids is 2. The molecule has 2 saturated carbocycles. The molecule has 14 heteroatoms. The molecular formula is C25H36N10O4. The van der Waals surface area contributed by atoms with Crippen LogP contribution in [-0.2, 0) is 4.79 Å². The third kappa shape index (κ3) is 4.30. The minimum atomic E-state index is -1.21. The largest absolute Gasteiger partial charge is 0.386 e. The third-order valence-electron chi connectivity index (χ3n) is 9.28. The first-order valence-corrected chi connectivity index (χ1v) is 13.8. The van der Waals surface area contributed by atoms with Gasteiger partial charge in [-0.2, -0.15) is 5.10 Å². The molecule has 3 aliphatic heterocycles. The van der Waals surface area contributed by atoms with Gasteiger partial charge in [-0.3, -0.25) is 14.4 Å². The number of hydrogen-bond acceptors (Lipinski definition) is 11. The van der Waals surface area contributed by atoms with Crippen LogP contribution in [0.15, 0.2) is 26.9 Å². The van der Waals surface area contributed by atoms with Crippen LogP contribution in [0.5, 0.6) is 0 Å².